The summed E-state index contributed by atoms with van der Waals surface area (Å²) in [6.07, 6.45) is 2.39. The van der Waals surface area contributed by atoms with Crippen LogP contribution in [-0.4, -0.2) is 11.5 Å². The number of fused-ring (bicyclic) bond motifs is 4. The molecule has 1 aliphatic rings. The van der Waals surface area contributed by atoms with E-state index < -0.39 is 0 Å². The second-order valence-corrected chi connectivity index (χ2v) is 4.88. The lowest BCUT2D eigenvalue weighted by Crippen LogP contribution is -2.12. The predicted molar refractivity (Wildman–Crippen MR) is 76.1 cm³/mol. The standard InChI is InChI=1S/C16H14N2/c1-2-6-14-12(4-1)10-13-15(18-14)8-7-11-5-3-9-17-16(11)13/h1-2,4,6-8,10,17H,3,5,9H2. The molecular formula is C16H14N2. The lowest BCUT2D eigenvalue weighted by atomic mass is 9.99. The van der Waals surface area contributed by atoms with Crippen LogP contribution < -0.4 is 5.32 Å². The summed E-state index contributed by atoms with van der Waals surface area (Å²) >= 11 is 0. The van der Waals surface area contributed by atoms with Crippen LogP contribution in [0.15, 0.2) is 42.5 Å². The molecule has 0 aliphatic carbocycles. The minimum Gasteiger partial charge on any atom is -0.384 e. The number of benzene rings is 2. The molecule has 3 aromatic rings. The number of nitrogens with zero attached hydrogens (tertiary/aromatic N) is 1. The molecule has 2 heteroatoms. The summed E-state index contributed by atoms with van der Waals surface area (Å²) < 4.78 is 0. The molecule has 88 valence electrons. The third-order valence-electron chi connectivity index (χ3n) is 3.71. The molecule has 0 unspecified atom stereocenters. The Morgan fingerprint density at radius 3 is 2.94 bits per heavy atom. The van der Waals surface area contributed by atoms with E-state index in [2.05, 4.69) is 41.7 Å². The molecule has 0 saturated carbocycles. The van der Waals surface area contributed by atoms with Crippen molar-refractivity contribution in [2.24, 2.45) is 0 Å². The average Bonchev–Trinajstić information content (AvgIpc) is 2.45. The number of pyridine rings is 1. The Morgan fingerprint density at radius 2 is 1.94 bits per heavy atom. The highest BCUT2D eigenvalue weighted by atomic mass is 14.9. The fourth-order valence-corrected chi connectivity index (χ4v) is 2.80. The van der Waals surface area contributed by atoms with Crippen LogP contribution >= 0.6 is 0 Å². The van der Waals surface area contributed by atoms with Gasteiger partial charge in [0.2, 0.25) is 0 Å². The zero-order valence-corrected chi connectivity index (χ0v) is 10.1. The maximum atomic E-state index is 4.75. The summed E-state index contributed by atoms with van der Waals surface area (Å²) in [5, 5.41) is 6.00. The molecule has 1 aromatic heterocycles. The number of aromatic nitrogens is 1. The topological polar surface area (TPSA) is 24.9 Å². The van der Waals surface area contributed by atoms with Gasteiger partial charge >= 0.3 is 0 Å². The Kier molecular flexibility index (Phi) is 2.04. The molecule has 0 spiro atoms. The van der Waals surface area contributed by atoms with Gasteiger partial charge in [0.25, 0.3) is 0 Å². The minimum absolute atomic E-state index is 1.07. The molecule has 2 nitrogen and oxygen atoms in total. The lowest BCUT2D eigenvalue weighted by molar-refractivity contribution is 0.833. The smallest absolute Gasteiger partial charge is 0.0730 e. The summed E-state index contributed by atoms with van der Waals surface area (Å²) in [4.78, 5) is 4.75. The van der Waals surface area contributed by atoms with Gasteiger partial charge < -0.3 is 5.32 Å². The van der Waals surface area contributed by atoms with E-state index in [1.807, 2.05) is 6.07 Å². The first-order chi connectivity index (χ1) is 8.92. The number of rotatable bonds is 0. The first kappa shape index (κ1) is 9.89. The van der Waals surface area contributed by atoms with Crippen LogP contribution in [0.1, 0.15) is 12.0 Å². The average molecular weight is 234 g/mol. The second kappa shape index (κ2) is 3.70. The summed E-state index contributed by atoms with van der Waals surface area (Å²) in [5.41, 5.74) is 4.87. The van der Waals surface area contributed by atoms with Crippen LogP contribution in [0, 0.1) is 0 Å². The molecule has 1 N–H and O–H groups in total. The van der Waals surface area contributed by atoms with E-state index in [1.165, 1.54) is 34.9 Å². The second-order valence-electron chi connectivity index (χ2n) is 4.88. The number of hydrogen-bond acceptors (Lipinski definition) is 2. The minimum atomic E-state index is 1.07. The van der Waals surface area contributed by atoms with Crippen molar-refractivity contribution in [1.29, 1.82) is 0 Å². The summed E-state index contributed by atoms with van der Waals surface area (Å²) in [5.74, 6) is 0. The molecule has 1 aliphatic heterocycles. The Morgan fingerprint density at radius 1 is 1.00 bits per heavy atom. The molecule has 0 saturated heterocycles. The van der Waals surface area contributed by atoms with Gasteiger partial charge in [-0.25, -0.2) is 4.98 Å². The summed E-state index contributed by atoms with van der Waals surface area (Å²) in [6.45, 7) is 1.07. The molecule has 0 amide bonds. The van der Waals surface area contributed by atoms with E-state index in [-0.39, 0.29) is 0 Å². The fraction of sp³-hybridized carbons (Fsp3) is 0.188. The largest absolute Gasteiger partial charge is 0.384 e. The molecule has 0 fully saturated rings. The molecule has 0 atom stereocenters. The number of para-hydroxylation sites is 1. The van der Waals surface area contributed by atoms with E-state index in [0.717, 1.165) is 17.6 Å². The Labute approximate surface area is 106 Å². The number of anilines is 1. The molecular weight excluding hydrogens is 220 g/mol. The van der Waals surface area contributed by atoms with Gasteiger partial charge in [0, 0.05) is 23.0 Å². The van der Waals surface area contributed by atoms with E-state index in [0.29, 0.717) is 0 Å². The third-order valence-corrected chi connectivity index (χ3v) is 3.71. The van der Waals surface area contributed by atoms with Gasteiger partial charge in [0.1, 0.15) is 0 Å². The molecule has 0 bridgehead atoms. The SMILES string of the molecule is c1ccc2nc3ccc4c(c3cc2c1)NCCC4. The van der Waals surface area contributed by atoms with Crippen LogP contribution in [-0.2, 0) is 6.42 Å². The Hall–Kier alpha value is -2.09. The van der Waals surface area contributed by atoms with Crippen LogP contribution in [0.5, 0.6) is 0 Å². The molecule has 2 heterocycles. The van der Waals surface area contributed by atoms with Gasteiger partial charge in [-0.05, 0) is 36.6 Å². The van der Waals surface area contributed by atoms with Gasteiger partial charge in [-0.15, -0.1) is 0 Å². The molecule has 0 radical (unpaired) electrons. The highest BCUT2D eigenvalue weighted by Crippen LogP contribution is 2.32. The van der Waals surface area contributed by atoms with Crippen LogP contribution in [0.3, 0.4) is 0 Å². The summed E-state index contributed by atoms with van der Waals surface area (Å²) in [7, 11) is 0. The number of nitrogens with one attached hydrogen (secondary N) is 1. The monoisotopic (exact) mass is 234 g/mol. The van der Waals surface area contributed by atoms with Gasteiger partial charge in [-0.3, -0.25) is 0 Å². The van der Waals surface area contributed by atoms with E-state index in [4.69, 9.17) is 4.98 Å². The third kappa shape index (κ3) is 1.39. The predicted octanol–water partition coefficient (Wildman–Crippen LogP) is 3.75. The van der Waals surface area contributed by atoms with Gasteiger partial charge in [0.05, 0.1) is 11.0 Å². The van der Waals surface area contributed by atoms with Crippen molar-refractivity contribution in [2.45, 2.75) is 12.8 Å². The van der Waals surface area contributed by atoms with Crippen molar-refractivity contribution in [2.75, 3.05) is 11.9 Å². The Bertz CT molecular complexity index is 747. The normalized spacial score (nSPS) is 14.4. The molecule has 18 heavy (non-hydrogen) atoms. The van der Waals surface area contributed by atoms with Crippen molar-refractivity contribution in [3.05, 3.63) is 48.0 Å². The fourth-order valence-electron chi connectivity index (χ4n) is 2.80. The van der Waals surface area contributed by atoms with Crippen LogP contribution in [0.25, 0.3) is 21.8 Å². The Balaban J connectivity index is 2.11. The van der Waals surface area contributed by atoms with Crippen molar-refractivity contribution in [1.82, 2.24) is 4.98 Å². The van der Waals surface area contributed by atoms with Crippen LogP contribution in [0.2, 0.25) is 0 Å². The zero-order valence-electron chi connectivity index (χ0n) is 10.1. The highest BCUT2D eigenvalue weighted by Gasteiger charge is 2.12. The van der Waals surface area contributed by atoms with Crippen molar-refractivity contribution in [3.8, 4) is 0 Å². The van der Waals surface area contributed by atoms with E-state index in [1.54, 1.807) is 0 Å². The first-order valence-electron chi connectivity index (χ1n) is 6.47. The highest BCUT2D eigenvalue weighted by molar-refractivity contribution is 6.00. The molecule has 4 rings (SSSR count). The number of aryl methyl sites for hydroxylation is 1. The van der Waals surface area contributed by atoms with Gasteiger partial charge in [-0.1, -0.05) is 24.3 Å². The summed E-state index contributed by atoms with van der Waals surface area (Å²) in [6, 6.07) is 14.9. The molecule has 2 aromatic carbocycles. The van der Waals surface area contributed by atoms with E-state index in [9.17, 15) is 0 Å². The zero-order chi connectivity index (χ0) is 11.9. The maximum absolute atomic E-state index is 4.75. The van der Waals surface area contributed by atoms with Crippen molar-refractivity contribution < 1.29 is 0 Å². The lowest BCUT2D eigenvalue weighted by Gasteiger charge is -2.19. The quantitative estimate of drug-likeness (QED) is 0.599. The van der Waals surface area contributed by atoms with Crippen molar-refractivity contribution in [3.63, 3.8) is 0 Å². The maximum Gasteiger partial charge on any atom is 0.0730 e. The van der Waals surface area contributed by atoms with E-state index >= 15 is 0 Å². The van der Waals surface area contributed by atoms with Crippen LogP contribution in [0.4, 0.5) is 5.69 Å². The first-order valence-corrected chi connectivity index (χ1v) is 6.47. The number of hydrogen-bond donors (Lipinski definition) is 1. The van der Waals surface area contributed by atoms with Gasteiger partial charge in [-0.2, -0.15) is 0 Å². The van der Waals surface area contributed by atoms with Crippen molar-refractivity contribution >= 4 is 27.5 Å². The van der Waals surface area contributed by atoms with Gasteiger partial charge in [0.15, 0.2) is 0 Å².